The molecule has 2 aliphatic rings. The van der Waals surface area contributed by atoms with Crippen LogP contribution in [0, 0.1) is 0 Å². The molecule has 0 bridgehead atoms. The molecule has 0 aromatic carbocycles. The molecule has 5 heteroatoms. The Kier molecular flexibility index (Phi) is 6.58. The molecule has 0 spiro atoms. The first kappa shape index (κ1) is 17.3. The molecule has 3 rings (SSSR count). The molecule has 0 atom stereocenters. The fourth-order valence-electron chi connectivity index (χ4n) is 3.90. The smallest absolute Gasteiger partial charge is 0.194 e. The molecular formula is C19H32N4O. The zero-order chi connectivity index (χ0) is 16.6. The van der Waals surface area contributed by atoms with Crippen molar-refractivity contribution in [3.8, 4) is 0 Å². The van der Waals surface area contributed by atoms with Crippen molar-refractivity contribution in [2.75, 3.05) is 39.3 Å². The van der Waals surface area contributed by atoms with Crippen LogP contribution in [0.1, 0.15) is 44.8 Å². The summed E-state index contributed by atoms with van der Waals surface area (Å²) in [5.74, 6) is 2.07. The van der Waals surface area contributed by atoms with Gasteiger partial charge in [-0.15, -0.1) is 0 Å². The number of nitrogens with one attached hydrogen (secondary N) is 1. The fraction of sp³-hybridized carbons (Fsp3) is 0.737. The molecule has 1 aromatic heterocycles. The number of aliphatic imine (C=N–C) groups is 1. The first-order valence-corrected chi connectivity index (χ1v) is 9.66. The molecule has 5 nitrogen and oxygen atoms in total. The maximum Gasteiger partial charge on any atom is 0.194 e. The molecule has 2 fully saturated rings. The second-order valence-electron chi connectivity index (χ2n) is 6.88. The van der Waals surface area contributed by atoms with Gasteiger partial charge < -0.3 is 14.6 Å². The predicted octanol–water partition coefficient (Wildman–Crippen LogP) is 2.74. The minimum absolute atomic E-state index is 0.776. The van der Waals surface area contributed by atoms with Crippen LogP contribution in [0.4, 0.5) is 0 Å². The lowest BCUT2D eigenvalue weighted by Crippen LogP contribution is -2.55. The van der Waals surface area contributed by atoms with Gasteiger partial charge in [0.25, 0.3) is 0 Å². The predicted molar refractivity (Wildman–Crippen MR) is 98.4 cm³/mol. The lowest BCUT2D eigenvalue weighted by molar-refractivity contribution is 0.106. The van der Waals surface area contributed by atoms with E-state index in [-0.39, 0.29) is 0 Å². The SMILES string of the molecule is CCNC(=NCCc1ccco1)N1CCN(C2CCCCC2)CC1. The van der Waals surface area contributed by atoms with E-state index in [0.717, 1.165) is 50.4 Å². The standard InChI is InChI=1S/C19H32N4O/c1-2-20-19(21-11-10-18-9-6-16-24-18)23-14-12-22(13-15-23)17-7-4-3-5-8-17/h6,9,16-17H,2-5,7-8,10-15H2,1H3,(H,20,21). The van der Waals surface area contributed by atoms with Gasteiger partial charge in [0, 0.05) is 51.7 Å². The fourth-order valence-corrected chi connectivity index (χ4v) is 3.90. The number of piperazine rings is 1. The minimum Gasteiger partial charge on any atom is -0.469 e. The third kappa shape index (κ3) is 4.76. The molecule has 134 valence electrons. The van der Waals surface area contributed by atoms with Gasteiger partial charge in [-0.3, -0.25) is 9.89 Å². The van der Waals surface area contributed by atoms with Gasteiger partial charge in [0.15, 0.2) is 5.96 Å². The molecule has 1 aromatic rings. The van der Waals surface area contributed by atoms with E-state index in [1.54, 1.807) is 6.26 Å². The molecule has 24 heavy (non-hydrogen) atoms. The Morgan fingerprint density at radius 3 is 2.67 bits per heavy atom. The topological polar surface area (TPSA) is 44.0 Å². The highest BCUT2D eigenvalue weighted by molar-refractivity contribution is 5.80. The molecule has 0 amide bonds. The largest absolute Gasteiger partial charge is 0.469 e. The van der Waals surface area contributed by atoms with Crippen LogP contribution < -0.4 is 5.32 Å². The molecule has 1 N–H and O–H groups in total. The Morgan fingerprint density at radius 2 is 2.00 bits per heavy atom. The molecule has 1 aliphatic carbocycles. The van der Waals surface area contributed by atoms with Crippen molar-refractivity contribution in [1.29, 1.82) is 0 Å². The van der Waals surface area contributed by atoms with Crippen LogP contribution >= 0.6 is 0 Å². The zero-order valence-electron chi connectivity index (χ0n) is 15.0. The number of hydrogen-bond acceptors (Lipinski definition) is 3. The molecule has 1 saturated heterocycles. The summed E-state index contributed by atoms with van der Waals surface area (Å²) in [5, 5.41) is 3.45. The highest BCUT2D eigenvalue weighted by atomic mass is 16.3. The monoisotopic (exact) mass is 332 g/mol. The number of hydrogen-bond donors (Lipinski definition) is 1. The molecule has 0 radical (unpaired) electrons. The van der Waals surface area contributed by atoms with Gasteiger partial charge in [-0.2, -0.15) is 0 Å². The zero-order valence-corrected chi connectivity index (χ0v) is 15.0. The van der Waals surface area contributed by atoms with Gasteiger partial charge >= 0.3 is 0 Å². The van der Waals surface area contributed by atoms with Crippen LogP contribution in [0.5, 0.6) is 0 Å². The highest BCUT2D eigenvalue weighted by Crippen LogP contribution is 2.23. The Labute approximate surface area is 146 Å². The van der Waals surface area contributed by atoms with E-state index in [0.29, 0.717) is 0 Å². The minimum atomic E-state index is 0.776. The normalized spacial score (nSPS) is 21.2. The third-order valence-corrected chi connectivity index (χ3v) is 5.24. The van der Waals surface area contributed by atoms with Crippen molar-refractivity contribution in [2.45, 2.75) is 51.5 Å². The second-order valence-corrected chi connectivity index (χ2v) is 6.88. The first-order valence-electron chi connectivity index (χ1n) is 9.66. The van der Waals surface area contributed by atoms with Crippen LogP contribution in [-0.2, 0) is 6.42 Å². The summed E-state index contributed by atoms with van der Waals surface area (Å²) in [6.45, 7) is 8.36. The van der Waals surface area contributed by atoms with Crippen molar-refractivity contribution < 1.29 is 4.42 Å². The Bertz CT molecular complexity index is 485. The Morgan fingerprint density at radius 1 is 1.21 bits per heavy atom. The van der Waals surface area contributed by atoms with Crippen molar-refractivity contribution in [1.82, 2.24) is 15.1 Å². The summed E-state index contributed by atoms with van der Waals surface area (Å²) < 4.78 is 5.39. The van der Waals surface area contributed by atoms with E-state index in [1.165, 1.54) is 45.2 Å². The van der Waals surface area contributed by atoms with Gasteiger partial charge in [0.05, 0.1) is 6.26 Å². The number of rotatable bonds is 5. The van der Waals surface area contributed by atoms with E-state index in [2.05, 4.69) is 22.0 Å². The van der Waals surface area contributed by atoms with Crippen molar-refractivity contribution >= 4 is 5.96 Å². The van der Waals surface area contributed by atoms with Crippen molar-refractivity contribution in [3.05, 3.63) is 24.2 Å². The summed E-state index contributed by atoms with van der Waals surface area (Å²) in [4.78, 5) is 9.93. The van der Waals surface area contributed by atoms with Crippen LogP contribution in [0.15, 0.2) is 27.8 Å². The van der Waals surface area contributed by atoms with Crippen molar-refractivity contribution in [2.24, 2.45) is 4.99 Å². The maximum absolute atomic E-state index is 5.39. The van der Waals surface area contributed by atoms with Gasteiger partial charge in [-0.05, 0) is 31.9 Å². The van der Waals surface area contributed by atoms with Gasteiger partial charge in [0.1, 0.15) is 5.76 Å². The average molecular weight is 332 g/mol. The molecule has 1 saturated carbocycles. The summed E-state index contributed by atoms with van der Waals surface area (Å²) in [6.07, 6.45) is 9.67. The first-order chi connectivity index (χ1) is 11.9. The third-order valence-electron chi connectivity index (χ3n) is 5.24. The molecule has 1 aliphatic heterocycles. The average Bonchev–Trinajstić information content (AvgIpc) is 3.15. The van der Waals surface area contributed by atoms with E-state index in [1.807, 2.05) is 12.1 Å². The Hall–Kier alpha value is -1.49. The summed E-state index contributed by atoms with van der Waals surface area (Å²) >= 11 is 0. The van der Waals surface area contributed by atoms with E-state index in [4.69, 9.17) is 9.41 Å². The van der Waals surface area contributed by atoms with Crippen LogP contribution in [0.2, 0.25) is 0 Å². The lowest BCUT2D eigenvalue weighted by Gasteiger charge is -2.41. The Balaban J connectivity index is 1.49. The number of furan rings is 1. The number of guanidine groups is 1. The lowest BCUT2D eigenvalue weighted by atomic mass is 9.94. The van der Waals surface area contributed by atoms with Crippen LogP contribution in [-0.4, -0.2) is 61.1 Å². The van der Waals surface area contributed by atoms with E-state index >= 15 is 0 Å². The number of nitrogens with zero attached hydrogens (tertiary/aromatic N) is 3. The summed E-state index contributed by atoms with van der Waals surface area (Å²) in [7, 11) is 0. The molecule has 0 unspecified atom stereocenters. The van der Waals surface area contributed by atoms with Gasteiger partial charge in [-0.25, -0.2) is 0 Å². The van der Waals surface area contributed by atoms with E-state index in [9.17, 15) is 0 Å². The van der Waals surface area contributed by atoms with Gasteiger partial charge in [-0.1, -0.05) is 19.3 Å². The second kappa shape index (κ2) is 9.11. The van der Waals surface area contributed by atoms with Crippen LogP contribution in [0.25, 0.3) is 0 Å². The van der Waals surface area contributed by atoms with Crippen LogP contribution in [0.3, 0.4) is 0 Å². The summed E-state index contributed by atoms with van der Waals surface area (Å²) in [5.41, 5.74) is 0. The highest BCUT2D eigenvalue weighted by Gasteiger charge is 2.26. The summed E-state index contributed by atoms with van der Waals surface area (Å²) in [6, 6.07) is 4.79. The molecule has 2 heterocycles. The maximum atomic E-state index is 5.39. The van der Waals surface area contributed by atoms with E-state index < -0.39 is 0 Å². The van der Waals surface area contributed by atoms with Gasteiger partial charge in [0.2, 0.25) is 0 Å². The molecular weight excluding hydrogens is 300 g/mol. The van der Waals surface area contributed by atoms with Crippen molar-refractivity contribution in [3.63, 3.8) is 0 Å². The quantitative estimate of drug-likeness (QED) is 0.665.